The highest BCUT2D eigenvalue weighted by Gasteiger charge is 2.23. The quantitative estimate of drug-likeness (QED) is 0.699. The number of methoxy groups -OCH3 is 1. The molecule has 4 rings (SSSR count). The lowest BCUT2D eigenvalue weighted by molar-refractivity contribution is 0.0746. The molecule has 3 heterocycles. The monoisotopic (exact) mass is 377 g/mol. The first-order chi connectivity index (χ1) is 13.6. The third-order valence-corrected chi connectivity index (χ3v) is 4.92. The van der Waals surface area contributed by atoms with E-state index in [-0.39, 0.29) is 5.91 Å². The molecule has 144 valence electrons. The van der Waals surface area contributed by atoms with Crippen LogP contribution in [0.4, 0.5) is 5.82 Å². The van der Waals surface area contributed by atoms with Gasteiger partial charge in [0.25, 0.3) is 5.91 Å². The largest absolute Gasteiger partial charge is 0.481 e. The third-order valence-electron chi connectivity index (χ3n) is 4.92. The molecule has 1 fully saturated rings. The summed E-state index contributed by atoms with van der Waals surface area (Å²) < 4.78 is 7.25. The van der Waals surface area contributed by atoms with Gasteiger partial charge in [-0.25, -0.2) is 4.98 Å². The van der Waals surface area contributed by atoms with Crippen LogP contribution in [-0.4, -0.2) is 58.6 Å². The number of anilines is 1. The summed E-state index contributed by atoms with van der Waals surface area (Å²) in [6.45, 7) is 4.62. The minimum atomic E-state index is 0.0650. The number of rotatable bonds is 4. The number of piperazine rings is 1. The number of aromatic nitrogens is 3. The van der Waals surface area contributed by atoms with E-state index < -0.39 is 0 Å². The highest BCUT2D eigenvalue weighted by Crippen LogP contribution is 2.20. The van der Waals surface area contributed by atoms with Crippen molar-refractivity contribution in [1.82, 2.24) is 19.4 Å². The first kappa shape index (κ1) is 18.0. The summed E-state index contributed by atoms with van der Waals surface area (Å²) in [7, 11) is 1.60. The van der Waals surface area contributed by atoms with Crippen molar-refractivity contribution in [2.75, 3.05) is 38.2 Å². The van der Waals surface area contributed by atoms with Crippen LogP contribution in [0.1, 0.15) is 16.2 Å². The fraction of sp³-hybridized carbons (Fsp3) is 0.286. The van der Waals surface area contributed by atoms with Crippen molar-refractivity contribution in [1.29, 1.82) is 0 Å². The molecule has 1 aliphatic rings. The fourth-order valence-electron chi connectivity index (χ4n) is 3.40. The van der Waals surface area contributed by atoms with E-state index in [0.717, 1.165) is 24.6 Å². The summed E-state index contributed by atoms with van der Waals surface area (Å²) >= 11 is 0. The summed E-state index contributed by atoms with van der Waals surface area (Å²) in [4.78, 5) is 25.6. The van der Waals surface area contributed by atoms with Gasteiger partial charge in [0.2, 0.25) is 5.88 Å². The maximum atomic E-state index is 12.9. The molecule has 2 aromatic heterocycles. The summed E-state index contributed by atoms with van der Waals surface area (Å²) in [5.41, 5.74) is 1.75. The molecule has 1 saturated heterocycles. The average Bonchev–Trinajstić information content (AvgIpc) is 3.28. The van der Waals surface area contributed by atoms with Crippen LogP contribution in [0.2, 0.25) is 0 Å². The number of benzene rings is 1. The smallest absolute Gasteiger partial charge is 0.253 e. The van der Waals surface area contributed by atoms with Crippen LogP contribution in [-0.2, 0) is 0 Å². The maximum Gasteiger partial charge on any atom is 0.253 e. The van der Waals surface area contributed by atoms with Crippen LogP contribution in [0, 0.1) is 6.92 Å². The van der Waals surface area contributed by atoms with E-state index in [0.29, 0.717) is 30.4 Å². The molecule has 7 nitrogen and oxygen atoms in total. The van der Waals surface area contributed by atoms with Gasteiger partial charge in [0.15, 0.2) is 0 Å². The first-order valence-corrected chi connectivity index (χ1v) is 9.31. The van der Waals surface area contributed by atoms with E-state index in [9.17, 15) is 4.79 Å². The van der Waals surface area contributed by atoms with Gasteiger partial charge in [-0.05, 0) is 43.3 Å². The topological polar surface area (TPSA) is 63.5 Å². The normalized spacial score (nSPS) is 14.2. The summed E-state index contributed by atoms with van der Waals surface area (Å²) in [5.74, 6) is 2.14. The Labute approximate surface area is 164 Å². The zero-order valence-corrected chi connectivity index (χ0v) is 16.1. The zero-order valence-electron chi connectivity index (χ0n) is 16.1. The van der Waals surface area contributed by atoms with E-state index in [4.69, 9.17) is 4.74 Å². The summed E-state index contributed by atoms with van der Waals surface area (Å²) in [5, 5.41) is 0. The number of hydrogen-bond donors (Lipinski definition) is 0. The molecule has 0 bridgehead atoms. The van der Waals surface area contributed by atoms with Crippen molar-refractivity contribution in [3.8, 4) is 11.6 Å². The second-order valence-electron chi connectivity index (χ2n) is 6.73. The zero-order chi connectivity index (χ0) is 19.5. The van der Waals surface area contributed by atoms with Crippen LogP contribution >= 0.6 is 0 Å². The molecular weight excluding hydrogens is 354 g/mol. The third kappa shape index (κ3) is 3.69. The van der Waals surface area contributed by atoms with Gasteiger partial charge in [-0.15, -0.1) is 0 Å². The Morgan fingerprint density at radius 1 is 1.00 bits per heavy atom. The van der Waals surface area contributed by atoms with Crippen LogP contribution in [0.15, 0.2) is 54.9 Å². The Kier molecular flexibility index (Phi) is 4.97. The Balaban J connectivity index is 1.41. The van der Waals surface area contributed by atoms with E-state index in [1.54, 1.807) is 7.11 Å². The standard InChI is InChI=1S/C21H23N5O2/c1-16-22-19(15-20(23-16)28-2)25-11-13-26(14-12-25)21(27)17-5-7-18(8-6-17)24-9-3-4-10-24/h3-10,15H,11-14H2,1-2H3. The van der Waals surface area contributed by atoms with E-state index in [1.807, 2.05) is 71.2 Å². The molecule has 0 unspecified atom stereocenters. The average molecular weight is 377 g/mol. The van der Waals surface area contributed by atoms with Gasteiger partial charge >= 0.3 is 0 Å². The van der Waals surface area contributed by atoms with Gasteiger partial charge < -0.3 is 19.1 Å². The molecule has 3 aromatic rings. The Morgan fingerprint density at radius 2 is 1.68 bits per heavy atom. The summed E-state index contributed by atoms with van der Waals surface area (Å²) in [6.07, 6.45) is 3.97. The van der Waals surface area contributed by atoms with Crippen LogP contribution in [0.3, 0.4) is 0 Å². The number of ether oxygens (including phenoxy) is 1. The minimum Gasteiger partial charge on any atom is -0.481 e. The van der Waals surface area contributed by atoms with Crippen molar-refractivity contribution in [3.63, 3.8) is 0 Å². The molecule has 1 amide bonds. The lowest BCUT2D eigenvalue weighted by atomic mass is 10.1. The molecule has 0 spiro atoms. The first-order valence-electron chi connectivity index (χ1n) is 9.31. The SMILES string of the molecule is COc1cc(N2CCN(C(=O)c3ccc(-n4cccc4)cc3)CC2)nc(C)n1. The Hall–Kier alpha value is -3.35. The molecule has 0 radical (unpaired) electrons. The molecular formula is C21H23N5O2. The van der Waals surface area contributed by atoms with Gasteiger partial charge in [-0.2, -0.15) is 4.98 Å². The second kappa shape index (κ2) is 7.72. The second-order valence-corrected chi connectivity index (χ2v) is 6.73. The van der Waals surface area contributed by atoms with Crippen LogP contribution in [0.25, 0.3) is 5.69 Å². The molecule has 0 N–H and O–H groups in total. The van der Waals surface area contributed by atoms with Crippen LogP contribution in [0.5, 0.6) is 5.88 Å². The number of amides is 1. The van der Waals surface area contributed by atoms with Crippen molar-refractivity contribution in [2.24, 2.45) is 0 Å². The maximum absolute atomic E-state index is 12.9. The van der Waals surface area contributed by atoms with E-state index in [1.165, 1.54) is 0 Å². The molecule has 0 atom stereocenters. The molecule has 1 aromatic carbocycles. The van der Waals surface area contributed by atoms with Gasteiger partial charge in [0, 0.05) is 55.9 Å². The Morgan fingerprint density at radius 3 is 2.32 bits per heavy atom. The molecule has 1 aliphatic heterocycles. The van der Waals surface area contributed by atoms with Gasteiger partial charge in [0.05, 0.1) is 7.11 Å². The number of carbonyl (C=O) groups excluding carboxylic acids is 1. The predicted molar refractivity (Wildman–Crippen MR) is 107 cm³/mol. The van der Waals surface area contributed by atoms with E-state index in [2.05, 4.69) is 14.9 Å². The number of nitrogens with zero attached hydrogens (tertiary/aromatic N) is 5. The highest BCUT2D eigenvalue weighted by atomic mass is 16.5. The van der Waals surface area contributed by atoms with Crippen LogP contribution < -0.4 is 9.64 Å². The number of hydrogen-bond acceptors (Lipinski definition) is 5. The predicted octanol–water partition coefficient (Wildman–Crippen LogP) is 2.55. The van der Waals surface area contributed by atoms with Gasteiger partial charge in [-0.1, -0.05) is 0 Å². The molecule has 0 saturated carbocycles. The fourth-order valence-corrected chi connectivity index (χ4v) is 3.40. The number of aryl methyl sites for hydroxylation is 1. The lowest BCUT2D eigenvalue weighted by Gasteiger charge is -2.35. The lowest BCUT2D eigenvalue weighted by Crippen LogP contribution is -2.49. The van der Waals surface area contributed by atoms with E-state index >= 15 is 0 Å². The molecule has 28 heavy (non-hydrogen) atoms. The van der Waals surface area contributed by atoms with Crippen molar-refractivity contribution in [2.45, 2.75) is 6.92 Å². The number of carbonyl (C=O) groups is 1. The molecule has 0 aliphatic carbocycles. The molecule has 7 heteroatoms. The highest BCUT2D eigenvalue weighted by molar-refractivity contribution is 5.94. The van der Waals surface area contributed by atoms with Crippen molar-refractivity contribution < 1.29 is 9.53 Å². The van der Waals surface area contributed by atoms with Gasteiger partial charge in [0.1, 0.15) is 11.6 Å². The van der Waals surface area contributed by atoms with Crippen molar-refractivity contribution in [3.05, 3.63) is 66.2 Å². The van der Waals surface area contributed by atoms with Crippen molar-refractivity contribution >= 4 is 11.7 Å². The Bertz CT molecular complexity index is 945. The summed E-state index contributed by atoms with van der Waals surface area (Å²) in [6, 6.07) is 13.5. The minimum absolute atomic E-state index is 0.0650. The van der Waals surface area contributed by atoms with Gasteiger partial charge in [-0.3, -0.25) is 4.79 Å².